The van der Waals surface area contributed by atoms with Crippen LogP contribution in [0, 0.1) is 5.92 Å². The molecule has 0 aromatic heterocycles. The lowest BCUT2D eigenvalue weighted by Gasteiger charge is -2.22. The molecule has 0 aromatic carbocycles. The van der Waals surface area contributed by atoms with E-state index in [0.29, 0.717) is 12.3 Å². The maximum atomic E-state index is 11.6. The molecule has 1 unspecified atom stereocenters. The van der Waals surface area contributed by atoms with E-state index in [0.717, 1.165) is 32.5 Å². The molecular formula is C14H28N2OS. The van der Waals surface area contributed by atoms with Crippen molar-refractivity contribution in [1.29, 1.82) is 0 Å². The van der Waals surface area contributed by atoms with E-state index >= 15 is 0 Å². The van der Waals surface area contributed by atoms with E-state index in [4.69, 9.17) is 0 Å². The summed E-state index contributed by atoms with van der Waals surface area (Å²) in [4.78, 5) is 11.6. The molecule has 1 rings (SSSR count). The van der Waals surface area contributed by atoms with Gasteiger partial charge >= 0.3 is 0 Å². The van der Waals surface area contributed by atoms with Gasteiger partial charge in [0.15, 0.2) is 0 Å². The monoisotopic (exact) mass is 272 g/mol. The molecule has 106 valence electrons. The molecular weight excluding hydrogens is 244 g/mol. The minimum atomic E-state index is 0.241. The maximum absolute atomic E-state index is 11.6. The number of thioether (sulfide) groups is 1. The van der Waals surface area contributed by atoms with Crippen LogP contribution in [-0.2, 0) is 4.79 Å². The van der Waals surface area contributed by atoms with Crippen LogP contribution in [0.3, 0.4) is 0 Å². The molecule has 1 amide bonds. The average Bonchev–Trinajstić information content (AvgIpc) is 2.41. The van der Waals surface area contributed by atoms with Crippen LogP contribution in [-0.4, -0.2) is 37.6 Å². The van der Waals surface area contributed by atoms with Crippen molar-refractivity contribution in [1.82, 2.24) is 10.6 Å². The molecule has 1 fully saturated rings. The van der Waals surface area contributed by atoms with Crippen LogP contribution in [0.25, 0.3) is 0 Å². The van der Waals surface area contributed by atoms with E-state index in [-0.39, 0.29) is 5.91 Å². The summed E-state index contributed by atoms with van der Waals surface area (Å²) < 4.78 is 0. The molecule has 0 radical (unpaired) electrons. The lowest BCUT2D eigenvalue weighted by Crippen LogP contribution is -2.31. The highest BCUT2D eigenvalue weighted by atomic mass is 32.2. The van der Waals surface area contributed by atoms with Crippen LogP contribution < -0.4 is 10.6 Å². The Kier molecular flexibility index (Phi) is 9.40. The van der Waals surface area contributed by atoms with E-state index in [9.17, 15) is 4.79 Å². The fourth-order valence-electron chi connectivity index (χ4n) is 2.37. The Bertz CT molecular complexity index is 218. The first-order valence-corrected chi connectivity index (χ1v) is 8.68. The number of carbonyl (C=O) groups is 1. The molecule has 0 aliphatic carbocycles. The highest BCUT2D eigenvalue weighted by Crippen LogP contribution is 2.15. The van der Waals surface area contributed by atoms with Gasteiger partial charge in [-0.2, -0.15) is 11.8 Å². The summed E-state index contributed by atoms with van der Waals surface area (Å²) in [6, 6.07) is 0. The smallest absolute Gasteiger partial charge is 0.220 e. The maximum Gasteiger partial charge on any atom is 0.220 e. The van der Waals surface area contributed by atoms with Gasteiger partial charge in [-0.05, 0) is 63.1 Å². The summed E-state index contributed by atoms with van der Waals surface area (Å²) >= 11 is 1.90. The molecule has 4 heteroatoms. The molecule has 0 saturated carbocycles. The van der Waals surface area contributed by atoms with Gasteiger partial charge in [0.05, 0.1) is 0 Å². The number of piperidine rings is 1. The van der Waals surface area contributed by atoms with Crippen LogP contribution in [0.5, 0.6) is 0 Å². The lowest BCUT2D eigenvalue weighted by molar-refractivity contribution is -0.121. The number of rotatable bonds is 9. The van der Waals surface area contributed by atoms with Crippen molar-refractivity contribution >= 4 is 17.7 Å². The zero-order valence-electron chi connectivity index (χ0n) is 11.7. The second-order valence-corrected chi connectivity index (χ2v) is 6.14. The highest BCUT2D eigenvalue weighted by molar-refractivity contribution is 7.98. The van der Waals surface area contributed by atoms with E-state index < -0.39 is 0 Å². The number of hydrogen-bond acceptors (Lipinski definition) is 3. The fraction of sp³-hybridized carbons (Fsp3) is 0.929. The van der Waals surface area contributed by atoms with Crippen molar-refractivity contribution in [3.05, 3.63) is 0 Å². The third-order valence-corrected chi connectivity index (χ3v) is 4.22. The summed E-state index contributed by atoms with van der Waals surface area (Å²) in [7, 11) is 0. The van der Waals surface area contributed by atoms with Crippen molar-refractivity contribution in [2.75, 3.05) is 31.6 Å². The third kappa shape index (κ3) is 7.98. The Morgan fingerprint density at radius 1 is 1.39 bits per heavy atom. The number of amides is 1. The van der Waals surface area contributed by atoms with Crippen molar-refractivity contribution in [3.63, 3.8) is 0 Å². The Morgan fingerprint density at radius 2 is 2.28 bits per heavy atom. The predicted molar refractivity (Wildman–Crippen MR) is 80.1 cm³/mol. The standard InChI is InChI=1S/C14H28N2OS/c1-18-11-4-2-3-10-16-14(17)8-7-13-6-5-9-15-12-13/h13,15H,2-12H2,1H3,(H,16,17). The zero-order valence-corrected chi connectivity index (χ0v) is 12.5. The predicted octanol–water partition coefficient (Wildman–Crippen LogP) is 2.42. The van der Waals surface area contributed by atoms with Crippen molar-refractivity contribution in [3.8, 4) is 0 Å². The van der Waals surface area contributed by atoms with Crippen molar-refractivity contribution in [2.45, 2.75) is 44.9 Å². The normalized spacial score (nSPS) is 19.7. The molecule has 0 bridgehead atoms. The average molecular weight is 272 g/mol. The molecule has 18 heavy (non-hydrogen) atoms. The second kappa shape index (κ2) is 10.7. The van der Waals surface area contributed by atoms with Crippen LogP contribution in [0.2, 0.25) is 0 Å². The van der Waals surface area contributed by atoms with Gasteiger partial charge in [-0.1, -0.05) is 6.42 Å². The van der Waals surface area contributed by atoms with Crippen LogP contribution in [0.1, 0.15) is 44.9 Å². The second-order valence-electron chi connectivity index (χ2n) is 5.15. The highest BCUT2D eigenvalue weighted by Gasteiger charge is 2.13. The Balaban J connectivity index is 1.90. The van der Waals surface area contributed by atoms with Crippen LogP contribution in [0.15, 0.2) is 0 Å². The first kappa shape index (κ1) is 15.8. The molecule has 1 heterocycles. The largest absolute Gasteiger partial charge is 0.356 e. The molecule has 1 atom stereocenters. The van der Waals surface area contributed by atoms with Gasteiger partial charge in [0.2, 0.25) is 5.91 Å². The lowest BCUT2D eigenvalue weighted by atomic mass is 9.94. The van der Waals surface area contributed by atoms with Gasteiger partial charge in [0, 0.05) is 13.0 Å². The number of carbonyl (C=O) groups excluding carboxylic acids is 1. The SMILES string of the molecule is CSCCCCCNC(=O)CCC1CCCNC1. The van der Waals surface area contributed by atoms with Gasteiger partial charge in [-0.25, -0.2) is 0 Å². The third-order valence-electron chi connectivity index (χ3n) is 3.53. The van der Waals surface area contributed by atoms with Crippen molar-refractivity contribution < 1.29 is 4.79 Å². The quantitative estimate of drug-likeness (QED) is 0.633. The van der Waals surface area contributed by atoms with Crippen molar-refractivity contribution in [2.24, 2.45) is 5.92 Å². The van der Waals surface area contributed by atoms with Gasteiger partial charge in [0.25, 0.3) is 0 Å². The summed E-state index contributed by atoms with van der Waals surface area (Å²) in [5.74, 6) is 2.19. The summed E-state index contributed by atoms with van der Waals surface area (Å²) in [6.07, 6.45) is 10.1. The minimum absolute atomic E-state index is 0.241. The van der Waals surface area contributed by atoms with Gasteiger partial charge in [-0.15, -0.1) is 0 Å². The number of hydrogen-bond donors (Lipinski definition) is 2. The van der Waals surface area contributed by atoms with Gasteiger partial charge < -0.3 is 10.6 Å². The molecule has 1 aliphatic heterocycles. The molecule has 0 spiro atoms. The summed E-state index contributed by atoms with van der Waals surface area (Å²) in [5.41, 5.74) is 0. The summed E-state index contributed by atoms with van der Waals surface area (Å²) in [5, 5.41) is 6.43. The summed E-state index contributed by atoms with van der Waals surface area (Å²) in [6.45, 7) is 3.11. The van der Waals surface area contributed by atoms with Gasteiger partial charge in [0.1, 0.15) is 0 Å². The first-order chi connectivity index (χ1) is 8.83. The molecule has 1 saturated heterocycles. The number of nitrogens with one attached hydrogen (secondary N) is 2. The minimum Gasteiger partial charge on any atom is -0.356 e. The van der Waals surface area contributed by atoms with Crippen LogP contribution >= 0.6 is 11.8 Å². The molecule has 1 aliphatic rings. The van der Waals surface area contributed by atoms with E-state index in [1.807, 2.05) is 11.8 Å². The van der Waals surface area contributed by atoms with Gasteiger partial charge in [-0.3, -0.25) is 4.79 Å². The first-order valence-electron chi connectivity index (χ1n) is 7.29. The molecule has 0 aromatic rings. The molecule has 3 nitrogen and oxygen atoms in total. The van der Waals surface area contributed by atoms with E-state index in [1.54, 1.807) is 0 Å². The molecule has 2 N–H and O–H groups in total. The zero-order chi connectivity index (χ0) is 13.1. The topological polar surface area (TPSA) is 41.1 Å². The Hall–Kier alpha value is -0.220. The van der Waals surface area contributed by atoms with E-state index in [2.05, 4.69) is 16.9 Å². The van der Waals surface area contributed by atoms with E-state index in [1.165, 1.54) is 31.4 Å². The number of unbranched alkanes of at least 4 members (excludes halogenated alkanes) is 2. The Morgan fingerprint density at radius 3 is 3.00 bits per heavy atom. The van der Waals surface area contributed by atoms with Crippen LogP contribution in [0.4, 0.5) is 0 Å². The fourth-order valence-corrected chi connectivity index (χ4v) is 2.86. The Labute approximate surface area is 116 Å².